The van der Waals surface area contributed by atoms with E-state index in [4.69, 9.17) is 4.74 Å². The molecule has 1 unspecified atom stereocenters. The molecule has 2 aliphatic rings. The molecule has 0 aromatic carbocycles. The quantitative estimate of drug-likeness (QED) is 0.613. The molecule has 9 heteroatoms. The van der Waals surface area contributed by atoms with Crippen molar-refractivity contribution < 1.29 is 14.3 Å². The zero-order valence-corrected chi connectivity index (χ0v) is 19.1. The number of amides is 2. The van der Waals surface area contributed by atoms with Crippen LogP contribution >= 0.6 is 15.9 Å². The molecule has 2 amide bonds. The number of rotatable bonds is 4. The Balaban J connectivity index is 1.57. The van der Waals surface area contributed by atoms with Crippen molar-refractivity contribution >= 4 is 50.3 Å². The second kappa shape index (κ2) is 8.09. The van der Waals surface area contributed by atoms with Crippen molar-refractivity contribution in [3.8, 4) is 0 Å². The highest BCUT2D eigenvalue weighted by Gasteiger charge is 2.31. The zero-order valence-electron chi connectivity index (χ0n) is 17.5. The first kappa shape index (κ1) is 21.0. The summed E-state index contributed by atoms with van der Waals surface area (Å²) in [6, 6.07) is -0.0211. The molecule has 1 saturated heterocycles. The Morgan fingerprint density at radius 1 is 1.30 bits per heavy atom. The summed E-state index contributed by atoms with van der Waals surface area (Å²) in [5.41, 5.74) is 1.91. The molecule has 2 aromatic rings. The number of pyridine rings is 1. The Morgan fingerprint density at radius 3 is 2.77 bits per heavy atom. The van der Waals surface area contributed by atoms with E-state index in [0.29, 0.717) is 6.54 Å². The minimum atomic E-state index is -0.529. The van der Waals surface area contributed by atoms with Crippen LogP contribution in [0.5, 0.6) is 0 Å². The van der Waals surface area contributed by atoms with Gasteiger partial charge in [0.15, 0.2) is 0 Å². The SMILES string of the molecule is CC(C)(C)OC(=O)NC1CCCN(c2c(Br)cnc3[nH]cc(NC(=O)C4CC4)c23)C1. The highest BCUT2D eigenvalue weighted by atomic mass is 79.9. The lowest BCUT2D eigenvalue weighted by Crippen LogP contribution is -2.49. The fourth-order valence-electron chi connectivity index (χ4n) is 3.82. The lowest BCUT2D eigenvalue weighted by molar-refractivity contribution is -0.117. The molecule has 3 heterocycles. The van der Waals surface area contributed by atoms with Gasteiger partial charge in [-0.25, -0.2) is 9.78 Å². The minimum Gasteiger partial charge on any atom is -0.444 e. The number of fused-ring (bicyclic) bond motifs is 1. The number of hydrogen-bond donors (Lipinski definition) is 3. The monoisotopic (exact) mass is 477 g/mol. The van der Waals surface area contributed by atoms with Gasteiger partial charge in [-0.15, -0.1) is 0 Å². The van der Waals surface area contributed by atoms with Crippen molar-refractivity contribution in [2.45, 2.75) is 58.1 Å². The third kappa shape index (κ3) is 4.71. The summed E-state index contributed by atoms with van der Waals surface area (Å²) in [7, 11) is 0. The first-order valence-corrected chi connectivity index (χ1v) is 11.2. The first-order chi connectivity index (χ1) is 14.2. The summed E-state index contributed by atoms with van der Waals surface area (Å²) < 4.78 is 6.27. The van der Waals surface area contributed by atoms with Gasteiger partial charge in [0.2, 0.25) is 5.91 Å². The van der Waals surface area contributed by atoms with Gasteiger partial charge in [0, 0.05) is 37.4 Å². The van der Waals surface area contributed by atoms with E-state index in [0.717, 1.165) is 59.1 Å². The fourth-order valence-corrected chi connectivity index (χ4v) is 4.37. The maximum Gasteiger partial charge on any atom is 0.407 e. The number of ether oxygens (including phenoxy) is 1. The molecule has 8 nitrogen and oxygen atoms in total. The van der Waals surface area contributed by atoms with Crippen LogP contribution in [0, 0.1) is 5.92 Å². The number of nitrogens with zero attached hydrogens (tertiary/aromatic N) is 2. The number of carbonyl (C=O) groups excluding carboxylic acids is 2. The lowest BCUT2D eigenvalue weighted by atomic mass is 10.0. The summed E-state index contributed by atoms with van der Waals surface area (Å²) in [4.78, 5) is 34.4. The molecule has 4 rings (SSSR count). The fraction of sp³-hybridized carbons (Fsp3) is 0.571. The largest absolute Gasteiger partial charge is 0.444 e. The van der Waals surface area contributed by atoms with Gasteiger partial charge in [-0.2, -0.15) is 0 Å². The van der Waals surface area contributed by atoms with Gasteiger partial charge in [0.25, 0.3) is 0 Å². The Bertz CT molecular complexity index is 963. The molecule has 1 aliphatic carbocycles. The van der Waals surface area contributed by atoms with E-state index in [2.05, 4.69) is 41.4 Å². The van der Waals surface area contributed by atoms with Crippen molar-refractivity contribution in [1.82, 2.24) is 15.3 Å². The molecule has 1 saturated carbocycles. The van der Waals surface area contributed by atoms with Crippen LogP contribution in [0.25, 0.3) is 11.0 Å². The molecule has 0 spiro atoms. The molecule has 0 bridgehead atoms. The molecule has 1 aliphatic heterocycles. The van der Waals surface area contributed by atoms with Crippen LogP contribution in [0.1, 0.15) is 46.5 Å². The number of H-pyrrole nitrogens is 1. The van der Waals surface area contributed by atoms with Gasteiger partial charge < -0.3 is 25.3 Å². The van der Waals surface area contributed by atoms with Crippen molar-refractivity contribution in [1.29, 1.82) is 0 Å². The number of anilines is 2. The van der Waals surface area contributed by atoms with Crippen LogP contribution in [0.4, 0.5) is 16.2 Å². The van der Waals surface area contributed by atoms with E-state index < -0.39 is 11.7 Å². The first-order valence-electron chi connectivity index (χ1n) is 10.4. The number of aromatic amines is 1. The number of halogens is 1. The predicted octanol–water partition coefficient (Wildman–Crippen LogP) is 4.17. The third-order valence-corrected chi connectivity index (χ3v) is 5.87. The molecular weight excluding hydrogens is 450 g/mol. The Hall–Kier alpha value is -2.29. The van der Waals surface area contributed by atoms with Crippen molar-refractivity contribution in [2.24, 2.45) is 5.92 Å². The highest BCUT2D eigenvalue weighted by molar-refractivity contribution is 9.10. The molecule has 0 radical (unpaired) electrons. The smallest absolute Gasteiger partial charge is 0.407 e. The Kier molecular flexibility index (Phi) is 5.65. The molecule has 3 N–H and O–H groups in total. The second-order valence-corrected chi connectivity index (χ2v) is 9.93. The predicted molar refractivity (Wildman–Crippen MR) is 120 cm³/mol. The number of alkyl carbamates (subject to hydrolysis) is 1. The van der Waals surface area contributed by atoms with Gasteiger partial charge in [-0.1, -0.05) is 0 Å². The van der Waals surface area contributed by atoms with Gasteiger partial charge in [0.05, 0.1) is 21.2 Å². The maximum atomic E-state index is 12.3. The molecule has 1 atom stereocenters. The van der Waals surface area contributed by atoms with Gasteiger partial charge in [-0.3, -0.25) is 4.79 Å². The van der Waals surface area contributed by atoms with E-state index in [-0.39, 0.29) is 17.9 Å². The summed E-state index contributed by atoms with van der Waals surface area (Å²) in [5.74, 6) is 0.181. The van der Waals surface area contributed by atoms with Crippen LogP contribution in [0.3, 0.4) is 0 Å². The number of aromatic nitrogens is 2. The van der Waals surface area contributed by atoms with Crippen LogP contribution in [0.2, 0.25) is 0 Å². The molecular formula is C21H28BrN5O3. The molecule has 2 aromatic heterocycles. The maximum absolute atomic E-state index is 12.3. The molecule has 162 valence electrons. The number of nitrogens with one attached hydrogen (secondary N) is 3. The number of carbonyl (C=O) groups is 2. The van der Waals surface area contributed by atoms with Gasteiger partial charge in [0.1, 0.15) is 11.2 Å². The van der Waals surface area contributed by atoms with Crippen LogP contribution in [-0.2, 0) is 9.53 Å². The van der Waals surface area contributed by atoms with E-state index in [1.54, 1.807) is 12.4 Å². The summed E-state index contributed by atoms with van der Waals surface area (Å²) >= 11 is 3.65. The van der Waals surface area contributed by atoms with E-state index in [1.807, 2.05) is 20.8 Å². The molecule has 30 heavy (non-hydrogen) atoms. The van der Waals surface area contributed by atoms with Crippen molar-refractivity contribution in [2.75, 3.05) is 23.3 Å². The van der Waals surface area contributed by atoms with E-state index in [9.17, 15) is 9.59 Å². The van der Waals surface area contributed by atoms with Crippen molar-refractivity contribution in [3.63, 3.8) is 0 Å². The minimum absolute atomic E-state index is 0.0211. The normalized spacial score (nSPS) is 19.6. The van der Waals surface area contributed by atoms with Gasteiger partial charge in [-0.05, 0) is 62.4 Å². The van der Waals surface area contributed by atoms with E-state index >= 15 is 0 Å². The zero-order chi connectivity index (χ0) is 21.5. The average Bonchev–Trinajstić information content (AvgIpc) is 3.43. The Morgan fingerprint density at radius 2 is 2.07 bits per heavy atom. The Labute approximate surface area is 184 Å². The van der Waals surface area contributed by atoms with Crippen molar-refractivity contribution in [3.05, 3.63) is 16.9 Å². The summed E-state index contributed by atoms with van der Waals surface area (Å²) in [5, 5.41) is 6.94. The average molecular weight is 478 g/mol. The summed E-state index contributed by atoms with van der Waals surface area (Å²) in [6.45, 7) is 7.07. The van der Waals surface area contributed by atoms with Gasteiger partial charge >= 0.3 is 6.09 Å². The lowest BCUT2D eigenvalue weighted by Gasteiger charge is -2.36. The number of piperidine rings is 1. The second-order valence-electron chi connectivity index (χ2n) is 9.08. The third-order valence-electron chi connectivity index (χ3n) is 5.29. The van der Waals surface area contributed by atoms with Crippen LogP contribution < -0.4 is 15.5 Å². The standard InChI is InChI=1S/C21H28BrN5O3/c1-21(2,3)30-20(29)25-13-5-4-8-27(11-13)17-14(22)9-23-18-16(17)15(10-24-18)26-19(28)12-6-7-12/h9-10,12-13H,4-8,11H2,1-3H3,(H,23,24)(H,25,29)(H,26,28). The van der Waals surface area contributed by atoms with E-state index in [1.165, 1.54) is 0 Å². The topological polar surface area (TPSA) is 99.3 Å². The van der Waals surface area contributed by atoms with Crippen LogP contribution in [-0.4, -0.2) is 46.7 Å². The highest BCUT2D eigenvalue weighted by Crippen LogP contribution is 2.40. The molecule has 2 fully saturated rings. The summed E-state index contributed by atoms with van der Waals surface area (Å²) in [6.07, 6.45) is 6.90. The number of hydrogen-bond acceptors (Lipinski definition) is 5. The van der Waals surface area contributed by atoms with Crippen LogP contribution in [0.15, 0.2) is 16.9 Å².